The fourth-order valence-corrected chi connectivity index (χ4v) is 4.05. The number of esters is 1. The quantitative estimate of drug-likeness (QED) is 0.159. The lowest BCUT2D eigenvalue weighted by atomic mass is 10.2. The number of amides is 1. The smallest absolute Gasteiger partial charge is 0.338 e. The van der Waals surface area contributed by atoms with Gasteiger partial charge in [0.15, 0.2) is 5.16 Å². The molecule has 1 amide bonds. The van der Waals surface area contributed by atoms with Gasteiger partial charge in [0.2, 0.25) is 5.91 Å². The maximum Gasteiger partial charge on any atom is 0.338 e. The molecule has 0 radical (unpaired) electrons. The maximum atomic E-state index is 12.4. The molecule has 0 aliphatic carbocycles. The highest BCUT2D eigenvalue weighted by Gasteiger charge is 2.14. The lowest BCUT2D eigenvalue weighted by molar-refractivity contribution is -0.113. The Morgan fingerprint density at radius 1 is 1.14 bits per heavy atom. The average Bonchev–Trinajstić information content (AvgIpc) is 3.23. The molecule has 35 heavy (non-hydrogen) atoms. The SMILES string of the molecule is C=CCn1c(CCCOc2ccccc2C)nnc1SCC(=O)Nc1ccc(C(=O)OCC)cc1. The van der Waals surface area contributed by atoms with Crippen molar-refractivity contribution in [2.75, 3.05) is 24.3 Å². The molecule has 3 aromatic rings. The van der Waals surface area contributed by atoms with E-state index in [9.17, 15) is 9.59 Å². The third-order valence-corrected chi connectivity index (χ3v) is 5.98. The first kappa shape index (κ1) is 26.0. The number of benzene rings is 2. The summed E-state index contributed by atoms with van der Waals surface area (Å²) in [5.74, 6) is 1.32. The number of aryl methyl sites for hydroxylation is 2. The predicted molar refractivity (Wildman–Crippen MR) is 137 cm³/mol. The second-order valence-electron chi connectivity index (χ2n) is 7.65. The standard InChI is InChI=1S/C26H30N4O4S/c1-4-16-30-23(11-8-17-34-22-10-7-6-9-19(22)3)28-29-26(30)35-18-24(31)27-21-14-12-20(13-15-21)25(32)33-5-2/h4,6-7,9-10,12-15H,1,5,8,11,16-18H2,2-3H3,(H,27,31). The van der Waals surface area contributed by atoms with Gasteiger partial charge >= 0.3 is 5.97 Å². The van der Waals surface area contributed by atoms with Crippen LogP contribution in [0.4, 0.5) is 5.69 Å². The number of rotatable bonds is 13. The Bertz CT molecular complexity index is 1140. The van der Waals surface area contributed by atoms with Gasteiger partial charge < -0.3 is 19.4 Å². The zero-order chi connectivity index (χ0) is 25.0. The van der Waals surface area contributed by atoms with Crippen LogP contribution in [0.2, 0.25) is 0 Å². The van der Waals surface area contributed by atoms with Crippen LogP contribution in [-0.4, -0.2) is 45.6 Å². The number of aromatic nitrogens is 3. The molecule has 0 saturated heterocycles. The molecular formula is C26H30N4O4S. The minimum atomic E-state index is -0.389. The number of carbonyl (C=O) groups is 2. The third kappa shape index (κ3) is 7.71. The summed E-state index contributed by atoms with van der Waals surface area (Å²) in [6, 6.07) is 14.5. The van der Waals surface area contributed by atoms with Crippen LogP contribution in [0.3, 0.4) is 0 Å². The first-order valence-corrected chi connectivity index (χ1v) is 12.4. The number of ether oxygens (including phenoxy) is 2. The Balaban J connectivity index is 1.50. The minimum Gasteiger partial charge on any atom is -0.493 e. The summed E-state index contributed by atoms with van der Waals surface area (Å²) in [5, 5.41) is 12.1. The molecule has 3 rings (SSSR count). The number of nitrogens with zero attached hydrogens (tertiary/aromatic N) is 3. The highest BCUT2D eigenvalue weighted by molar-refractivity contribution is 7.99. The van der Waals surface area contributed by atoms with Crippen molar-refractivity contribution in [1.29, 1.82) is 0 Å². The van der Waals surface area contributed by atoms with E-state index in [1.165, 1.54) is 11.8 Å². The molecule has 0 atom stereocenters. The van der Waals surface area contributed by atoms with Crippen LogP contribution >= 0.6 is 11.8 Å². The van der Waals surface area contributed by atoms with Crippen molar-refractivity contribution in [2.45, 2.75) is 38.4 Å². The van der Waals surface area contributed by atoms with Crippen LogP contribution < -0.4 is 10.1 Å². The van der Waals surface area contributed by atoms with E-state index < -0.39 is 0 Å². The van der Waals surface area contributed by atoms with Crippen molar-refractivity contribution in [3.8, 4) is 5.75 Å². The number of hydrogen-bond acceptors (Lipinski definition) is 7. The number of hydrogen-bond donors (Lipinski definition) is 1. The van der Waals surface area contributed by atoms with Gasteiger partial charge in [-0.2, -0.15) is 0 Å². The van der Waals surface area contributed by atoms with Gasteiger partial charge in [-0.3, -0.25) is 4.79 Å². The van der Waals surface area contributed by atoms with E-state index >= 15 is 0 Å². The number of nitrogens with one attached hydrogen (secondary N) is 1. The van der Waals surface area contributed by atoms with Crippen LogP contribution in [-0.2, 0) is 22.5 Å². The monoisotopic (exact) mass is 494 g/mol. The van der Waals surface area contributed by atoms with E-state index in [0.717, 1.165) is 23.6 Å². The van der Waals surface area contributed by atoms with E-state index in [-0.39, 0.29) is 17.6 Å². The van der Waals surface area contributed by atoms with Crippen molar-refractivity contribution in [3.05, 3.63) is 78.1 Å². The van der Waals surface area contributed by atoms with Gasteiger partial charge in [0.1, 0.15) is 11.6 Å². The van der Waals surface area contributed by atoms with Crippen LogP contribution in [0.15, 0.2) is 66.3 Å². The molecule has 0 saturated carbocycles. The van der Waals surface area contributed by atoms with Gasteiger partial charge in [0.05, 0.1) is 24.5 Å². The predicted octanol–water partition coefficient (Wildman–Crippen LogP) is 4.69. The van der Waals surface area contributed by atoms with Crippen molar-refractivity contribution < 1.29 is 19.1 Å². The Kier molecular flexibility index (Phi) is 9.92. The van der Waals surface area contributed by atoms with E-state index in [4.69, 9.17) is 9.47 Å². The molecule has 0 aliphatic heterocycles. The van der Waals surface area contributed by atoms with Gasteiger partial charge in [0.25, 0.3) is 0 Å². The summed E-state index contributed by atoms with van der Waals surface area (Å²) in [5.41, 5.74) is 2.15. The van der Waals surface area contributed by atoms with E-state index in [1.807, 2.05) is 35.8 Å². The van der Waals surface area contributed by atoms with Crippen LogP contribution in [0.25, 0.3) is 0 Å². The fraction of sp³-hybridized carbons (Fsp3) is 0.308. The lowest BCUT2D eigenvalue weighted by Crippen LogP contribution is -2.15. The second kappa shape index (κ2) is 13.3. The molecule has 2 aromatic carbocycles. The highest BCUT2D eigenvalue weighted by atomic mass is 32.2. The van der Waals surface area contributed by atoms with Crippen molar-refractivity contribution in [1.82, 2.24) is 14.8 Å². The number of allylic oxidation sites excluding steroid dienone is 1. The molecule has 184 valence electrons. The molecule has 0 bridgehead atoms. The van der Waals surface area contributed by atoms with E-state index in [2.05, 4.69) is 22.1 Å². The van der Waals surface area contributed by atoms with Gasteiger partial charge in [0, 0.05) is 18.7 Å². The van der Waals surface area contributed by atoms with Crippen LogP contribution in [0, 0.1) is 6.92 Å². The van der Waals surface area contributed by atoms with Gasteiger partial charge in [-0.05, 0) is 56.2 Å². The van der Waals surface area contributed by atoms with Crippen molar-refractivity contribution in [3.63, 3.8) is 0 Å². The topological polar surface area (TPSA) is 95.3 Å². The zero-order valence-electron chi connectivity index (χ0n) is 20.0. The van der Waals surface area contributed by atoms with Crippen molar-refractivity contribution in [2.24, 2.45) is 0 Å². The Labute approximate surface area is 209 Å². The number of carbonyl (C=O) groups excluding carboxylic acids is 2. The summed E-state index contributed by atoms with van der Waals surface area (Å²) in [4.78, 5) is 24.2. The van der Waals surface area contributed by atoms with Crippen LogP contribution in [0.1, 0.15) is 35.1 Å². The molecule has 1 N–H and O–H groups in total. The lowest BCUT2D eigenvalue weighted by Gasteiger charge is -2.10. The van der Waals surface area contributed by atoms with Crippen molar-refractivity contribution >= 4 is 29.3 Å². The summed E-state index contributed by atoms with van der Waals surface area (Å²) in [6.07, 6.45) is 3.27. The summed E-state index contributed by atoms with van der Waals surface area (Å²) in [6.45, 7) is 9.04. The normalized spacial score (nSPS) is 10.6. The molecule has 9 heteroatoms. The van der Waals surface area contributed by atoms with Gasteiger partial charge in [-0.25, -0.2) is 4.79 Å². The molecule has 0 aliphatic rings. The molecule has 1 aromatic heterocycles. The first-order chi connectivity index (χ1) is 17.0. The molecule has 0 spiro atoms. The van der Waals surface area contributed by atoms with Crippen LogP contribution in [0.5, 0.6) is 5.75 Å². The molecule has 0 fully saturated rings. The van der Waals surface area contributed by atoms with Gasteiger partial charge in [-0.1, -0.05) is 36.0 Å². The summed E-state index contributed by atoms with van der Waals surface area (Å²) in [7, 11) is 0. The fourth-order valence-electron chi connectivity index (χ4n) is 3.29. The van der Waals surface area contributed by atoms with Gasteiger partial charge in [-0.15, -0.1) is 16.8 Å². The number of thioether (sulfide) groups is 1. The average molecular weight is 495 g/mol. The zero-order valence-corrected chi connectivity index (χ0v) is 20.8. The van der Waals surface area contributed by atoms with E-state index in [0.29, 0.717) is 42.6 Å². The molecule has 0 unspecified atom stereocenters. The Morgan fingerprint density at radius 3 is 2.63 bits per heavy atom. The largest absolute Gasteiger partial charge is 0.493 e. The molecule has 1 heterocycles. The second-order valence-corrected chi connectivity index (χ2v) is 8.59. The molecular weight excluding hydrogens is 464 g/mol. The van der Waals surface area contributed by atoms with E-state index in [1.54, 1.807) is 37.3 Å². The minimum absolute atomic E-state index is 0.172. The highest BCUT2D eigenvalue weighted by Crippen LogP contribution is 2.20. The summed E-state index contributed by atoms with van der Waals surface area (Å²) < 4.78 is 12.8. The Morgan fingerprint density at radius 2 is 1.91 bits per heavy atom. The molecule has 8 nitrogen and oxygen atoms in total. The maximum absolute atomic E-state index is 12.4. The number of anilines is 1. The number of para-hydroxylation sites is 1. The Hall–Kier alpha value is -3.59. The summed E-state index contributed by atoms with van der Waals surface area (Å²) >= 11 is 1.31. The third-order valence-electron chi connectivity index (χ3n) is 5.01. The first-order valence-electron chi connectivity index (χ1n) is 11.4.